The van der Waals surface area contributed by atoms with Crippen LogP contribution in [0.25, 0.3) is 0 Å². The van der Waals surface area contributed by atoms with Crippen LogP contribution >= 0.6 is 0 Å². The Bertz CT molecular complexity index is 1100. The fourth-order valence-corrected chi connectivity index (χ4v) is 4.65. The van der Waals surface area contributed by atoms with E-state index in [1.807, 2.05) is 48.5 Å². The Hall–Kier alpha value is -3.68. The Morgan fingerprint density at radius 1 is 1.12 bits per heavy atom. The Balaban J connectivity index is 1.66. The first-order valence-electron chi connectivity index (χ1n) is 11.2. The van der Waals surface area contributed by atoms with Crippen LogP contribution in [-0.2, 0) is 32.0 Å². The first-order valence-corrected chi connectivity index (χ1v) is 11.2. The molecule has 2 aromatic rings. The van der Waals surface area contributed by atoms with Crippen molar-refractivity contribution in [2.24, 2.45) is 0 Å². The molecule has 0 bridgehead atoms. The van der Waals surface area contributed by atoms with Crippen molar-refractivity contribution in [2.45, 2.75) is 57.5 Å². The molecule has 0 spiro atoms. The number of carbonyl (C=O) groups is 4. The number of nitrogens with one attached hydrogen (secondary N) is 1. The van der Waals surface area contributed by atoms with Crippen LogP contribution in [0.3, 0.4) is 0 Å². The molecule has 3 amide bonds. The van der Waals surface area contributed by atoms with Crippen LogP contribution in [-0.4, -0.2) is 45.9 Å². The molecule has 2 aromatic carbocycles. The Morgan fingerprint density at radius 2 is 1.82 bits per heavy atom. The zero-order valence-corrected chi connectivity index (χ0v) is 18.7. The molecule has 0 fully saturated rings. The number of aliphatic carboxylic acids is 1. The molecular formula is C25H27N3O5. The summed E-state index contributed by atoms with van der Waals surface area (Å²) in [6.45, 7) is 3.39. The predicted molar refractivity (Wildman–Crippen MR) is 121 cm³/mol. The third kappa shape index (κ3) is 4.08. The summed E-state index contributed by atoms with van der Waals surface area (Å²) in [6.07, 6.45) is 1.07. The Morgan fingerprint density at radius 3 is 2.48 bits per heavy atom. The van der Waals surface area contributed by atoms with E-state index in [1.165, 1.54) is 4.90 Å². The molecule has 1 unspecified atom stereocenters. The molecule has 3 atom stereocenters. The van der Waals surface area contributed by atoms with Crippen LogP contribution in [0.15, 0.2) is 48.5 Å². The summed E-state index contributed by atoms with van der Waals surface area (Å²) in [5.74, 6) is -2.93. The second kappa shape index (κ2) is 9.05. The number of rotatable bonds is 5. The number of aryl methyl sites for hydroxylation is 1. The highest BCUT2D eigenvalue weighted by Crippen LogP contribution is 2.39. The average molecular weight is 450 g/mol. The molecule has 172 valence electrons. The van der Waals surface area contributed by atoms with Gasteiger partial charge < -0.3 is 5.11 Å². The van der Waals surface area contributed by atoms with Crippen molar-refractivity contribution in [3.63, 3.8) is 0 Å². The van der Waals surface area contributed by atoms with E-state index in [-0.39, 0.29) is 19.3 Å². The summed E-state index contributed by atoms with van der Waals surface area (Å²) in [5.41, 5.74) is 5.78. The minimum absolute atomic E-state index is 0.0876. The van der Waals surface area contributed by atoms with E-state index in [2.05, 4.69) is 5.43 Å². The van der Waals surface area contributed by atoms with E-state index in [0.29, 0.717) is 12.1 Å². The van der Waals surface area contributed by atoms with Crippen molar-refractivity contribution >= 4 is 29.4 Å². The van der Waals surface area contributed by atoms with E-state index in [0.717, 1.165) is 21.7 Å². The lowest BCUT2D eigenvalue weighted by Gasteiger charge is -2.34. The highest BCUT2D eigenvalue weighted by atomic mass is 16.4. The summed E-state index contributed by atoms with van der Waals surface area (Å²) in [5, 5.41) is 10.9. The normalized spacial score (nSPS) is 19.9. The lowest BCUT2D eigenvalue weighted by Crippen LogP contribution is -2.59. The van der Waals surface area contributed by atoms with Crippen molar-refractivity contribution in [2.75, 3.05) is 4.90 Å². The molecule has 4 rings (SSSR count). The number of para-hydroxylation sites is 1. The van der Waals surface area contributed by atoms with Crippen LogP contribution in [0, 0.1) is 0 Å². The number of amides is 3. The summed E-state index contributed by atoms with van der Waals surface area (Å²) >= 11 is 0. The second-order valence-corrected chi connectivity index (χ2v) is 8.47. The number of hydrazine groups is 1. The smallest absolute Gasteiger partial charge is 0.327 e. The number of nitrogens with zero attached hydrogens (tertiary/aromatic N) is 2. The monoisotopic (exact) mass is 449 g/mol. The van der Waals surface area contributed by atoms with E-state index in [4.69, 9.17) is 0 Å². The van der Waals surface area contributed by atoms with Crippen molar-refractivity contribution in [3.8, 4) is 0 Å². The summed E-state index contributed by atoms with van der Waals surface area (Å²) in [4.78, 5) is 52.9. The van der Waals surface area contributed by atoms with E-state index < -0.39 is 41.7 Å². The first kappa shape index (κ1) is 22.5. The van der Waals surface area contributed by atoms with Gasteiger partial charge in [0, 0.05) is 12.8 Å². The summed E-state index contributed by atoms with van der Waals surface area (Å²) in [7, 11) is 0. The Labute approximate surface area is 192 Å². The molecule has 2 N–H and O–H groups in total. The van der Waals surface area contributed by atoms with Gasteiger partial charge in [0.2, 0.25) is 11.8 Å². The number of benzene rings is 2. The summed E-state index contributed by atoms with van der Waals surface area (Å²) < 4.78 is 0. The third-order valence-corrected chi connectivity index (χ3v) is 6.47. The zero-order valence-electron chi connectivity index (χ0n) is 18.7. The summed E-state index contributed by atoms with van der Waals surface area (Å²) in [6, 6.07) is 12.7. The zero-order chi connectivity index (χ0) is 23.7. The molecule has 0 radical (unpaired) electrons. The number of hydrogen-bond acceptors (Lipinski definition) is 4. The van der Waals surface area contributed by atoms with Gasteiger partial charge in [0.15, 0.2) is 0 Å². The number of anilines is 1. The van der Waals surface area contributed by atoms with Crippen molar-refractivity contribution in [1.82, 2.24) is 10.4 Å². The topological polar surface area (TPSA) is 107 Å². The van der Waals surface area contributed by atoms with Crippen molar-refractivity contribution in [3.05, 3.63) is 65.2 Å². The maximum atomic E-state index is 13.7. The quantitative estimate of drug-likeness (QED) is 0.682. The average Bonchev–Trinajstić information content (AvgIpc) is 3.16. The molecule has 8 heteroatoms. The first-order chi connectivity index (χ1) is 15.8. The fraction of sp³-hybridized carbons (Fsp3) is 0.360. The van der Waals surface area contributed by atoms with E-state index in [1.54, 1.807) is 13.8 Å². The molecule has 0 saturated heterocycles. The molecule has 2 heterocycles. The van der Waals surface area contributed by atoms with Crippen LogP contribution in [0.4, 0.5) is 5.69 Å². The number of hydrogen-bond donors (Lipinski definition) is 2. The lowest BCUT2D eigenvalue weighted by atomic mass is 10.0. The van der Waals surface area contributed by atoms with Gasteiger partial charge in [0.1, 0.15) is 12.1 Å². The molecule has 0 aromatic heterocycles. The van der Waals surface area contributed by atoms with Crippen LogP contribution in [0.1, 0.15) is 49.3 Å². The fourth-order valence-electron chi connectivity index (χ4n) is 4.65. The van der Waals surface area contributed by atoms with Gasteiger partial charge in [0.05, 0.1) is 11.6 Å². The van der Waals surface area contributed by atoms with Gasteiger partial charge in [-0.2, -0.15) is 0 Å². The molecule has 2 aliphatic heterocycles. The van der Waals surface area contributed by atoms with Gasteiger partial charge in [-0.3, -0.25) is 24.7 Å². The maximum Gasteiger partial charge on any atom is 0.327 e. The lowest BCUT2D eigenvalue weighted by molar-refractivity contribution is -0.149. The molecule has 0 aliphatic carbocycles. The van der Waals surface area contributed by atoms with E-state index in [9.17, 15) is 24.3 Å². The van der Waals surface area contributed by atoms with Crippen molar-refractivity contribution < 1.29 is 24.3 Å². The van der Waals surface area contributed by atoms with Gasteiger partial charge in [-0.15, -0.1) is 0 Å². The van der Waals surface area contributed by atoms with Gasteiger partial charge in [0.25, 0.3) is 5.91 Å². The largest absolute Gasteiger partial charge is 0.480 e. The Kier molecular flexibility index (Phi) is 6.18. The SMILES string of the molecule is CCC(=O)N(NC(=O)C(C)c1ccccc1)[C@H]1CCc2cccc3c2N(C1=O)[C@H](C(=O)O)C3. The number of carbonyl (C=O) groups excluding carboxylic acids is 3. The predicted octanol–water partition coefficient (Wildman–Crippen LogP) is 2.42. The molecular weight excluding hydrogens is 422 g/mol. The molecule has 0 saturated carbocycles. The second-order valence-electron chi connectivity index (χ2n) is 8.47. The van der Waals surface area contributed by atoms with Crippen LogP contribution < -0.4 is 10.3 Å². The third-order valence-electron chi connectivity index (χ3n) is 6.47. The molecule has 2 aliphatic rings. The highest BCUT2D eigenvalue weighted by Gasteiger charge is 2.46. The number of carboxylic acid groups (broad SMARTS) is 1. The van der Waals surface area contributed by atoms with Crippen LogP contribution in [0.5, 0.6) is 0 Å². The van der Waals surface area contributed by atoms with Gasteiger partial charge in [-0.25, -0.2) is 9.80 Å². The minimum atomic E-state index is -1.10. The van der Waals surface area contributed by atoms with Gasteiger partial charge >= 0.3 is 5.97 Å². The minimum Gasteiger partial charge on any atom is -0.480 e. The standard InChI is InChI=1S/C25H27N3O5/c1-3-21(29)28(26-23(30)15(2)16-8-5-4-6-9-16)19-13-12-17-10-7-11-18-14-20(25(32)33)27(22(17)18)24(19)31/h4-11,15,19-20H,3,12-14H2,1-2H3,(H,26,30)(H,32,33)/t15?,19-,20-/m0/s1. The van der Waals surface area contributed by atoms with Gasteiger partial charge in [-0.05, 0) is 36.5 Å². The van der Waals surface area contributed by atoms with Crippen molar-refractivity contribution in [1.29, 1.82) is 0 Å². The molecule has 33 heavy (non-hydrogen) atoms. The van der Waals surface area contributed by atoms with E-state index >= 15 is 0 Å². The highest BCUT2D eigenvalue weighted by molar-refractivity contribution is 6.07. The molecule has 8 nitrogen and oxygen atoms in total. The van der Waals surface area contributed by atoms with Crippen LogP contribution in [0.2, 0.25) is 0 Å². The number of carboxylic acids is 1. The van der Waals surface area contributed by atoms with Gasteiger partial charge in [-0.1, -0.05) is 55.5 Å². The maximum absolute atomic E-state index is 13.7.